The number of nitrogens with one attached hydrogen (secondary N) is 2. The third-order valence-electron chi connectivity index (χ3n) is 4.90. The summed E-state index contributed by atoms with van der Waals surface area (Å²) >= 11 is 0. The highest BCUT2D eigenvalue weighted by atomic mass is 15.0. The predicted molar refractivity (Wildman–Crippen MR) is 117 cm³/mol. The molecule has 0 bridgehead atoms. The van der Waals surface area contributed by atoms with Crippen molar-refractivity contribution in [3.05, 3.63) is 71.8 Å². The monoisotopic (exact) mass is 367 g/mol. The summed E-state index contributed by atoms with van der Waals surface area (Å²) < 4.78 is 0. The Labute approximate surface area is 165 Å². The van der Waals surface area contributed by atoms with Gasteiger partial charge in [0.05, 0.1) is 0 Å². The molecule has 4 N–H and O–H groups in total. The van der Waals surface area contributed by atoms with Crippen molar-refractivity contribution in [1.82, 2.24) is 10.6 Å². The van der Waals surface area contributed by atoms with Gasteiger partial charge < -0.3 is 16.4 Å². The quantitative estimate of drug-likeness (QED) is 0.566. The van der Waals surface area contributed by atoms with Crippen LogP contribution in [-0.4, -0.2) is 31.7 Å². The van der Waals surface area contributed by atoms with E-state index in [1.54, 1.807) is 0 Å². The van der Waals surface area contributed by atoms with Crippen molar-refractivity contribution >= 4 is 0 Å². The van der Waals surface area contributed by atoms with Crippen LogP contribution in [0, 0.1) is 5.41 Å². The number of hydrogen-bond acceptors (Lipinski definition) is 3. The summed E-state index contributed by atoms with van der Waals surface area (Å²) in [5.74, 6) is 0. The summed E-state index contributed by atoms with van der Waals surface area (Å²) in [6.45, 7) is 9.49. The van der Waals surface area contributed by atoms with Gasteiger partial charge in [-0.15, -0.1) is 0 Å². The molecule has 0 unspecified atom stereocenters. The molecule has 2 aromatic rings. The minimum absolute atomic E-state index is 0.301. The van der Waals surface area contributed by atoms with Crippen LogP contribution in [0.4, 0.5) is 0 Å². The van der Waals surface area contributed by atoms with Gasteiger partial charge in [0.25, 0.3) is 0 Å². The van der Waals surface area contributed by atoms with Crippen molar-refractivity contribution in [2.45, 2.75) is 52.1 Å². The van der Waals surface area contributed by atoms with Crippen LogP contribution in [-0.2, 0) is 12.8 Å². The molecule has 0 radical (unpaired) electrons. The second-order valence-corrected chi connectivity index (χ2v) is 8.68. The van der Waals surface area contributed by atoms with Gasteiger partial charge in [-0.2, -0.15) is 0 Å². The van der Waals surface area contributed by atoms with E-state index in [1.807, 2.05) is 0 Å². The highest BCUT2D eigenvalue weighted by Gasteiger charge is 2.15. The van der Waals surface area contributed by atoms with E-state index in [-0.39, 0.29) is 0 Å². The molecular formula is C24H37N3. The second-order valence-electron chi connectivity index (χ2n) is 8.68. The van der Waals surface area contributed by atoms with Crippen LogP contribution in [0.2, 0.25) is 0 Å². The van der Waals surface area contributed by atoms with Crippen molar-refractivity contribution in [1.29, 1.82) is 0 Å². The lowest BCUT2D eigenvalue weighted by molar-refractivity contribution is 0.344. The number of nitrogens with two attached hydrogens (primary N) is 1. The van der Waals surface area contributed by atoms with Crippen LogP contribution in [0.25, 0.3) is 0 Å². The Balaban J connectivity index is 1.90. The van der Waals surface area contributed by atoms with Crippen LogP contribution in [0.15, 0.2) is 60.7 Å². The maximum absolute atomic E-state index is 6.03. The minimum atomic E-state index is 0.301. The molecule has 2 aromatic carbocycles. The van der Waals surface area contributed by atoms with Gasteiger partial charge in [0.15, 0.2) is 0 Å². The van der Waals surface area contributed by atoms with Gasteiger partial charge in [0, 0.05) is 25.2 Å². The summed E-state index contributed by atoms with van der Waals surface area (Å²) in [7, 11) is 0. The van der Waals surface area contributed by atoms with Gasteiger partial charge in [0.1, 0.15) is 0 Å². The van der Waals surface area contributed by atoms with Crippen LogP contribution in [0.3, 0.4) is 0 Å². The lowest BCUT2D eigenvalue weighted by Crippen LogP contribution is -2.47. The Morgan fingerprint density at radius 2 is 1.30 bits per heavy atom. The predicted octanol–water partition coefficient (Wildman–Crippen LogP) is 3.78. The third-order valence-corrected chi connectivity index (χ3v) is 4.90. The largest absolute Gasteiger partial charge is 0.329 e. The average Bonchev–Trinajstić information content (AvgIpc) is 2.65. The Morgan fingerprint density at radius 1 is 0.778 bits per heavy atom. The lowest BCUT2D eigenvalue weighted by atomic mass is 9.92. The van der Waals surface area contributed by atoms with E-state index >= 15 is 0 Å². The first-order valence-corrected chi connectivity index (χ1v) is 10.2. The summed E-state index contributed by atoms with van der Waals surface area (Å²) in [5, 5.41) is 7.46. The van der Waals surface area contributed by atoms with Crippen LogP contribution < -0.4 is 16.4 Å². The van der Waals surface area contributed by atoms with Gasteiger partial charge in [-0.1, -0.05) is 81.4 Å². The van der Waals surface area contributed by atoms with E-state index in [9.17, 15) is 0 Å². The standard InChI is InChI=1S/C24H37N3/c1-24(2,3)14-15-26-23(17-21-12-8-5-9-13-21)19-27-22(18-25)16-20-10-6-4-7-11-20/h4-13,22-23,26-27H,14-19,25H2,1-3H3/t22-,23-/m0/s1. The van der Waals surface area contributed by atoms with E-state index < -0.39 is 0 Å². The molecule has 0 amide bonds. The molecule has 0 saturated carbocycles. The molecule has 0 saturated heterocycles. The molecule has 0 aliphatic heterocycles. The lowest BCUT2D eigenvalue weighted by Gasteiger charge is -2.25. The van der Waals surface area contributed by atoms with Gasteiger partial charge in [-0.3, -0.25) is 0 Å². The maximum atomic E-state index is 6.03. The maximum Gasteiger partial charge on any atom is 0.0232 e. The van der Waals surface area contributed by atoms with Gasteiger partial charge in [-0.25, -0.2) is 0 Å². The first-order valence-electron chi connectivity index (χ1n) is 10.2. The fourth-order valence-electron chi connectivity index (χ4n) is 3.21. The molecule has 0 aliphatic rings. The zero-order chi connectivity index (χ0) is 19.5. The van der Waals surface area contributed by atoms with Crippen molar-refractivity contribution in [2.24, 2.45) is 11.1 Å². The van der Waals surface area contributed by atoms with E-state index in [1.165, 1.54) is 17.5 Å². The molecule has 0 fully saturated rings. The molecule has 3 heteroatoms. The zero-order valence-corrected chi connectivity index (χ0v) is 17.2. The van der Waals surface area contributed by atoms with E-state index in [4.69, 9.17) is 5.73 Å². The first-order chi connectivity index (χ1) is 13.0. The number of hydrogen-bond donors (Lipinski definition) is 3. The Morgan fingerprint density at radius 3 is 1.78 bits per heavy atom. The van der Waals surface area contributed by atoms with Crippen LogP contribution >= 0.6 is 0 Å². The molecule has 0 aromatic heterocycles. The Bertz CT molecular complexity index is 619. The second kappa shape index (κ2) is 11.2. The van der Waals surface area contributed by atoms with Crippen molar-refractivity contribution in [3.63, 3.8) is 0 Å². The fraction of sp³-hybridized carbons (Fsp3) is 0.500. The molecule has 2 rings (SSSR count). The number of rotatable bonds is 11. The fourth-order valence-corrected chi connectivity index (χ4v) is 3.21. The van der Waals surface area contributed by atoms with Gasteiger partial charge >= 0.3 is 0 Å². The smallest absolute Gasteiger partial charge is 0.0232 e. The van der Waals surface area contributed by atoms with Crippen LogP contribution in [0.1, 0.15) is 38.3 Å². The van der Waals surface area contributed by atoms with E-state index in [0.717, 1.165) is 25.9 Å². The molecule has 0 heterocycles. The molecular weight excluding hydrogens is 330 g/mol. The Kier molecular flexibility index (Phi) is 8.99. The van der Waals surface area contributed by atoms with Crippen LogP contribution in [0.5, 0.6) is 0 Å². The molecule has 0 aliphatic carbocycles. The van der Waals surface area contributed by atoms with E-state index in [2.05, 4.69) is 92.1 Å². The minimum Gasteiger partial charge on any atom is -0.329 e. The molecule has 148 valence electrons. The van der Waals surface area contributed by atoms with Crippen molar-refractivity contribution in [2.75, 3.05) is 19.6 Å². The highest BCUT2D eigenvalue weighted by molar-refractivity contribution is 5.17. The molecule has 3 nitrogen and oxygen atoms in total. The van der Waals surface area contributed by atoms with Crippen molar-refractivity contribution < 1.29 is 0 Å². The first kappa shape index (κ1) is 21.6. The highest BCUT2D eigenvalue weighted by Crippen LogP contribution is 2.17. The normalized spacial score (nSPS) is 14.1. The topological polar surface area (TPSA) is 50.1 Å². The molecule has 0 spiro atoms. The SMILES string of the molecule is CC(C)(C)CCN[C@H](CN[C@H](CN)Cc1ccccc1)Cc1ccccc1. The summed E-state index contributed by atoms with van der Waals surface area (Å²) in [6, 6.07) is 22.0. The zero-order valence-electron chi connectivity index (χ0n) is 17.2. The molecule has 27 heavy (non-hydrogen) atoms. The van der Waals surface area contributed by atoms with Gasteiger partial charge in [0.2, 0.25) is 0 Å². The Hall–Kier alpha value is -1.68. The summed E-state index contributed by atoms with van der Waals surface area (Å²) in [4.78, 5) is 0. The molecule has 2 atom stereocenters. The average molecular weight is 368 g/mol. The summed E-state index contributed by atoms with van der Waals surface area (Å²) in [6.07, 6.45) is 3.17. The van der Waals surface area contributed by atoms with Crippen molar-refractivity contribution in [3.8, 4) is 0 Å². The summed E-state index contributed by atoms with van der Waals surface area (Å²) in [5.41, 5.74) is 9.09. The number of benzene rings is 2. The van der Waals surface area contributed by atoms with E-state index in [0.29, 0.717) is 24.0 Å². The third kappa shape index (κ3) is 9.18. The van der Waals surface area contributed by atoms with Gasteiger partial charge in [-0.05, 0) is 42.3 Å².